The molecule has 4 aromatic carbocycles. The van der Waals surface area contributed by atoms with Crippen LogP contribution in [0.15, 0.2) is 128 Å². The number of piperazine rings is 1. The fourth-order valence-electron chi connectivity index (χ4n) is 6.59. The van der Waals surface area contributed by atoms with Gasteiger partial charge in [-0.2, -0.15) is 5.10 Å². The van der Waals surface area contributed by atoms with Crippen molar-refractivity contribution >= 4 is 5.82 Å². The molecule has 0 atom stereocenters. The molecule has 7 rings (SSSR count). The van der Waals surface area contributed by atoms with Crippen LogP contribution >= 0.6 is 0 Å². The van der Waals surface area contributed by atoms with Gasteiger partial charge in [-0.1, -0.05) is 91.0 Å². The summed E-state index contributed by atoms with van der Waals surface area (Å²) in [4.78, 5) is 13.7. The van der Waals surface area contributed by atoms with Gasteiger partial charge in [-0.3, -0.25) is 4.68 Å². The first kappa shape index (κ1) is 29.4. The Morgan fingerprint density at radius 1 is 0.696 bits per heavy atom. The van der Waals surface area contributed by atoms with E-state index in [-0.39, 0.29) is 0 Å². The molecule has 46 heavy (non-hydrogen) atoms. The van der Waals surface area contributed by atoms with Gasteiger partial charge in [0.1, 0.15) is 23.6 Å². The Morgan fingerprint density at radius 2 is 1.28 bits per heavy atom. The summed E-state index contributed by atoms with van der Waals surface area (Å²) in [5.41, 5.74) is 7.04. The van der Waals surface area contributed by atoms with E-state index in [0.29, 0.717) is 0 Å². The number of anilines is 1. The molecule has 3 heterocycles. The molecule has 6 aromatic rings. The Balaban J connectivity index is 1.41. The van der Waals surface area contributed by atoms with E-state index in [1.807, 2.05) is 36.0 Å². The largest absolute Gasteiger partial charge is 0.473 e. The van der Waals surface area contributed by atoms with Crippen LogP contribution in [0.1, 0.15) is 22.3 Å². The Kier molecular flexibility index (Phi) is 8.07. The molecule has 0 N–H and O–H groups in total. The average molecular weight is 607 g/mol. The van der Waals surface area contributed by atoms with E-state index in [2.05, 4.69) is 120 Å². The van der Waals surface area contributed by atoms with E-state index < -0.39 is 5.60 Å². The van der Waals surface area contributed by atoms with Gasteiger partial charge in [0.05, 0.1) is 11.3 Å². The Labute approximate surface area is 270 Å². The summed E-state index contributed by atoms with van der Waals surface area (Å²) >= 11 is 0. The van der Waals surface area contributed by atoms with Crippen LogP contribution in [0.2, 0.25) is 0 Å². The summed E-state index contributed by atoms with van der Waals surface area (Å²) in [5, 5.41) is 5.15. The first-order chi connectivity index (χ1) is 22.5. The number of hydrogen-bond donors (Lipinski definition) is 0. The van der Waals surface area contributed by atoms with Crippen LogP contribution in [0.3, 0.4) is 0 Å². The van der Waals surface area contributed by atoms with E-state index >= 15 is 0 Å². The zero-order valence-corrected chi connectivity index (χ0v) is 26.5. The van der Waals surface area contributed by atoms with Crippen molar-refractivity contribution in [2.45, 2.75) is 12.5 Å². The fraction of sp³-hybridized carbons (Fsp3) is 0.205. The molecule has 1 aliphatic heterocycles. The molecule has 2 aromatic heterocycles. The van der Waals surface area contributed by atoms with Crippen molar-refractivity contribution in [3.05, 3.63) is 150 Å². The predicted molar refractivity (Wildman–Crippen MR) is 184 cm³/mol. The Bertz CT molecular complexity index is 1800. The zero-order valence-electron chi connectivity index (χ0n) is 26.5. The van der Waals surface area contributed by atoms with Crippen LogP contribution in [0, 0.1) is 6.92 Å². The van der Waals surface area contributed by atoms with E-state index in [1.165, 1.54) is 0 Å². The monoisotopic (exact) mass is 606 g/mol. The number of aryl methyl sites for hydroxylation is 2. The number of aromatic nitrogens is 4. The maximum atomic E-state index is 7.34. The number of nitrogens with zero attached hydrogens (tertiary/aromatic N) is 6. The van der Waals surface area contributed by atoms with Crippen molar-refractivity contribution in [1.29, 1.82) is 0 Å². The molecule has 7 nitrogen and oxygen atoms in total. The van der Waals surface area contributed by atoms with Crippen molar-refractivity contribution in [1.82, 2.24) is 24.6 Å². The highest BCUT2D eigenvalue weighted by Crippen LogP contribution is 2.44. The smallest absolute Gasteiger partial charge is 0.184 e. The topological polar surface area (TPSA) is 59.3 Å². The zero-order chi connectivity index (χ0) is 31.5. The lowest BCUT2D eigenvalue weighted by molar-refractivity contribution is 0.155. The Hall–Kier alpha value is -5.27. The highest BCUT2D eigenvalue weighted by Gasteiger charge is 2.39. The summed E-state index contributed by atoms with van der Waals surface area (Å²) in [7, 11) is 4.20. The van der Waals surface area contributed by atoms with E-state index in [9.17, 15) is 0 Å². The van der Waals surface area contributed by atoms with Crippen LogP contribution in [-0.4, -0.2) is 57.9 Å². The van der Waals surface area contributed by atoms with Gasteiger partial charge in [-0.25, -0.2) is 9.97 Å². The van der Waals surface area contributed by atoms with Crippen molar-refractivity contribution in [3.8, 4) is 28.3 Å². The molecule has 0 aliphatic carbocycles. The number of benzene rings is 4. The van der Waals surface area contributed by atoms with Crippen molar-refractivity contribution < 1.29 is 4.74 Å². The second-order valence-corrected chi connectivity index (χ2v) is 12.0. The highest BCUT2D eigenvalue weighted by molar-refractivity contribution is 5.88. The third kappa shape index (κ3) is 5.54. The van der Waals surface area contributed by atoms with Crippen LogP contribution < -0.4 is 9.64 Å². The lowest BCUT2D eigenvalue weighted by Gasteiger charge is -2.36. The molecule has 230 valence electrons. The van der Waals surface area contributed by atoms with Gasteiger partial charge < -0.3 is 14.5 Å². The van der Waals surface area contributed by atoms with Crippen molar-refractivity contribution in [2.75, 3.05) is 38.1 Å². The number of rotatable bonds is 8. The van der Waals surface area contributed by atoms with Crippen LogP contribution in [-0.2, 0) is 12.6 Å². The first-order valence-corrected chi connectivity index (χ1v) is 15.8. The number of hydrogen-bond acceptors (Lipinski definition) is 6. The van der Waals surface area contributed by atoms with Gasteiger partial charge >= 0.3 is 0 Å². The number of ether oxygens (including phenoxy) is 1. The minimum absolute atomic E-state index is 0.756. The van der Waals surface area contributed by atoms with Crippen molar-refractivity contribution in [2.24, 2.45) is 7.05 Å². The van der Waals surface area contributed by atoms with Gasteiger partial charge in [-0.15, -0.1) is 0 Å². The minimum Gasteiger partial charge on any atom is -0.473 e. The molecule has 0 amide bonds. The van der Waals surface area contributed by atoms with Gasteiger partial charge in [0.2, 0.25) is 0 Å². The first-order valence-electron chi connectivity index (χ1n) is 15.8. The molecule has 0 bridgehead atoms. The van der Waals surface area contributed by atoms with E-state index in [0.717, 1.165) is 82.5 Å². The van der Waals surface area contributed by atoms with Gasteiger partial charge in [0.15, 0.2) is 5.60 Å². The molecule has 0 spiro atoms. The quantitative estimate of drug-likeness (QED) is 0.174. The molecule has 0 unspecified atom stereocenters. The molecular formula is C39H38N6O. The third-order valence-electron chi connectivity index (χ3n) is 8.79. The molecule has 0 saturated carbocycles. The summed E-state index contributed by atoms with van der Waals surface area (Å²) in [6.45, 7) is 5.94. The highest BCUT2D eigenvalue weighted by atomic mass is 16.5. The average Bonchev–Trinajstić information content (AvgIpc) is 3.46. The molecular weight excluding hydrogens is 568 g/mol. The van der Waals surface area contributed by atoms with Crippen LogP contribution in [0.5, 0.6) is 5.75 Å². The SMILES string of the molecule is Cc1cc(OC(c2ccccc2)(c2ccccc2)c2ccccc2)cc(-c2nn(C)c(N3CCN(C)CC3)c2-c2ccncn2)c1. The predicted octanol–water partition coefficient (Wildman–Crippen LogP) is 6.98. The van der Waals surface area contributed by atoms with Crippen molar-refractivity contribution in [3.63, 3.8) is 0 Å². The molecule has 7 heteroatoms. The molecule has 1 saturated heterocycles. The molecule has 0 radical (unpaired) electrons. The van der Waals surface area contributed by atoms with Crippen LogP contribution in [0.25, 0.3) is 22.5 Å². The maximum Gasteiger partial charge on any atom is 0.184 e. The molecule has 1 aliphatic rings. The summed E-state index contributed by atoms with van der Waals surface area (Å²) < 4.78 is 9.34. The summed E-state index contributed by atoms with van der Waals surface area (Å²) in [5.74, 6) is 1.82. The standard InChI is InChI=1S/C39H38N6O/c1-29-25-30(37-36(35-19-20-40-28-41-35)38(44(3)42-37)45-23-21-43(2)22-24-45)27-34(26-29)46-39(31-13-7-4-8-14-31,32-15-9-5-10-16-32)33-17-11-6-12-18-33/h4-20,25-28H,21-24H2,1-3H3. The van der Waals surface area contributed by atoms with E-state index in [4.69, 9.17) is 14.8 Å². The fourth-order valence-corrected chi connectivity index (χ4v) is 6.59. The summed E-state index contributed by atoms with van der Waals surface area (Å²) in [6, 6.07) is 39.8. The summed E-state index contributed by atoms with van der Waals surface area (Å²) in [6.07, 6.45) is 3.41. The van der Waals surface area contributed by atoms with Gasteiger partial charge in [0.25, 0.3) is 0 Å². The Morgan fingerprint density at radius 3 is 1.83 bits per heavy atom. The second-order valence-electron chi connectivity index (χ2n) is 12.0. The maximum absolute atomic E-state index is 7.34. The van der Waals surface area contributed by atoms with Gasteiger partial charge in [0, 0.05) is 61.7 Å². The minimum atomic E-state index is -0.889. The number of likely N-dealkylation sites (N-methyl/N-ethyl adjacent to an activating group) is 1. The van der Waals surface area contributed by atoms with E-state index in [1.54, 1.807) is 12.5 Å². The van der Waals surface area contributed by atoms with Gasteiger partial charge in [-0.05, 0) is 43.8 Å². The lowest BCUT2D eigenvalue weighted by atomic mass is 9.80. The normalized spacial score (nSPS) is 13.9. The second kappa shape index (κ2) is 12.6. The molecule has 1 fully saturated rings. The van der Waals surface area contributed by atoms with Crippen LogP contribution in [0.4, 0.5) is 5.82 Å². The third-order valence-corrected chi connectivity index (χ3v) is 8.79. The lowest BCUT2D eigenvalue weighted by Crippen LogP contribution is -2.45.